The van der Waals surface area contributed by atoms with Gasteiger partial charge in [0, 0.05) is 23.3 Å². The van der Waals surface area contributed by atoms with E-state index in [-0.39, 0.29) is 34.7 Å². The summed E-state index contributed by atoms with van der Waals surface area (Å²) in [5.74, 6) is -0.178. The monoisotopic (exact) mass is 751 g/mol. The van der Waals surface area contributed by atoms with Crippen LogP contribution in [-0.2, 0) is 28.7 Å². The molecular formula is C48H78O6. The SMILES string of the molecule is CCCCCC/C=C\CCCCCCCCCC1=CC(=O)C=C(OC)C1=O.CCCCCCCCCCCCCCCCCC1=CC(=O)C=C(OC)C1=O. The van der Waals surface area contributed by atoms with E-state index in [2.05, 4.69) is 26.0 Å². The first-order valence-corrected chi connectivity index (χ1v) is 22.1. The van der Waals surface area contributed by atoms with Crippen molar-refractivity contribution in [3.8, 4) is 0 Å². The Balaban J connectivity index is 0.000000540. The summed E-state index contributed by atoms with van der Waals surface area (Å²) in [7, 11) is 2.87. The van der Waals surface area contributed by atoms with Crippen LogP contribution >= 0.6 is 0 Å². The number of ether oxygens (including phenoxy) is 2. The Kier molecular flexibility index (Phi) is 31.3. The molecule has 0 radical (unpaired) electrons. The van der Waals surface area contributed by atoms with Crippen LogP contribution < -0.4 is 0 Å². The maximum Gasteiger partial charge on any atom is 0.223 e. The molecule has 54 heavy (non-hydrogen) atoms. The lowest BCUT2D eigenvalue weighted by molar-refractivity contribution is -0.117. The minimum absolute atomic E-state index is 0.123. The molecule has 0 saturated carbocycles. The van der Waals surface area contributed by atoms with E-state index in [0.717, 1.165) is 25.7 Å². The standard InChI is InChI=1S/C24H40O3.C24H38O3/c2*1-3-4-5-6-7-8-9-10-11-12-13-14-15-16-17-18-21-19-22(25)20-23(27-2)24(21)26/h19-20H,3-18H2,1-2H3;8-9,19-20H,3-7,10-18H2,1-2H3/b;9-8-. The Morgan fingerprint density at radius 3 is 0.981 bits per heavy atom. The quantitative estimate of drug-likeness (QED) is 0.0377. The summed E-state index contributed by atoms with van der Waals surface area (Å²) in [5, 5.41) is 0. The molecule has 6 nitrogen and oxygen atoms in total. The van der Waals surface area contributed by atoms with Gasteiger partial charge >= 0.3 is 0 Å². The van der Waals surface area contributed by atoms with Crippen molar-refractivity contribution in [3.05, 3.63) is 59.1 Å². The zero-order valence-corrected chi connectivity index (χ0v) is 35.1. The zero-order chi connectivity index (χ0) is 39.5. The second kappa shape index (κ2) is 34.5. The molecule has 0 spiro atoms. The molecule has 0 unspecified atom stereocenters. The van der Waals surface area contributed by atoms with Crippen molar-refractivity contribution in [1.29, 1.82) is 0 Å². The molecule has 0 aromatic carbocycles. The van der Waals surface area contributed by atoms with E-state index < -0.39 is 0 Å². The fourth-order valence-electron chi connectivity index (χ4n) is 7.01. The van der Waals surface area contributed by atoms with Gasteiger partial charge < -0.3 is 9.47 Å². The van der Waals surface area contributed by atoms with Gasteiger partial charge in [-0.1, -0.05) is 167 Å². The molecule has 2 aliphatic rings. The molecule has 0 amide bonds. The van der Waals surface area contributed by atoms with Crippen LogP contribution in [0.4, 0.5) is 0 Å². The molecule has 0 heterocycles. The normalized spacial score (nSPS) is 14.4. The van der Waals surface area contributed by atoms with E-state index in [4.69, 9.17) is 9.47 Å². The van der Waals surface area contributed by atoms with Crippen LogP contribution in [0.25, 0.3) is 0 Å². The number of hydrogen-bond acceptors (Lipinski definition) is 6. The van der Waals surface area contributed by atoms with Crippen LogP contribution in [0.5, 0.6) is 0 Å². The van der Waals surface area contributed by atoms with Crippen LogP contribution in [0, 0.1) is 0 Å². The third kappa shape index (κ3) is 25.1. The van der Waals surface area contributed by atoms with E-state index in [1.54, 1.807) is 0 Å². The van der Waals surface area contributed by atoms with Gasteiger partial charge in [-0.3, -0.25) is 19.2 Å². The fourth-order valence-corrected chi connectivity index (χ4v) is 7.01. The van der Waals surface area contributed by atoms with Gasteiger partial charge in [0.05, 0.1) is 14.2 Å². The topological polar surface area (TPSA) is 86.7 Å². The van der Waals surface area contributed by atoms with Crippen molar-refractivity contribution in [2.24, 2.45) is 0 Å². The molecule has 306 valence electrons. The smallest absolute Gasteiger partial charge is 0.223 e. The van der Waals surface area contributed by atoms with Crippen LogP contribution in [0.3, 0.4) is 0 Å². The average molecular weight is 751 g/mol. The molecule has 0 aliphatic heterocycles. The Hall–Kier alpha value is -3.02. The lowest BCUT2D eigenvalue weighted by Crippen LogP contribution is -2.15. The van der Waals surface area contributed by atoms with E-state index in [1.165, 1.54) is 193 Å². The van der Waals surface area contributed by atoms with Crippen LogP contribution in [-0.4, -0.2) is 37.4 Å². The zero-order valence-electron chi connectivity index (χ0n) is 35.1. The molecule has 0 aromatic rings. The van der Waals surface area contributed by atoms with E-state index in [9.17, 15) is 19.2 Å². The minimum atomic E-state index is -0.142. The number of carbonyl (C=O) groups excluding carboxylic acids is 4. The molecule has 0 aromatic heterocycles. The highest BCUT2D eigenvalue weighted by atomic mass is 16.5. The minimum Gasteiger partial charge on any atom is -0.493 e. The van der Waals surface area contributed by atoms with Crippen molar-refractivity contribution in [2.45, 2.75) is 206 Å². The number of hydrogen-bond donors (Lipinski definition) is 0. The molecule has 6 heteroatoms. The molecule has 0 saturated heterocycles. The van der Waals surface area contributed by atoms with E-state index in [0.29, 0.717) is 24.0 Å². The number of Topliss-reactive ketones (excluding diaryl/α,β-unsaturated/α-hetero) is 2. The summed E-state index contributed by atoms with van der Waals surface area (Å²) < 4.78 is 9.96. The second-order valence-electron chi connectivity index (χ2n) is 15.3. The molecule has 0 N–H and O–H groups in total. The largest absolute Gasteiger partial charge is 0.493 e. The van der Waals surface area contributed by atoms with Gasteiger partial charge in [-0.15, -0.1) is 0 Å². The Labute approximate surface area is 330 Å². The highest BCUT2D eigenvalue weighted by molar-refractivity contribution is 6.19. The van der Waals surface area contributed by atoms with Gasteiger partial charge in [0.2, 0.25) is 11.6 Å². The van der Waals surface area contributed by atoms with Gasteiger partial charge in [-0.25, -0.2) is 0 Å². The molecule has 2 rings (SSSR count). The maximum absolute atomic E-state index is 12.1. The van der Waals surface area contributed by atoms with Gasteiger partial charge in [-0.2, -0.15) is 0 Å². The molecule has 2 aliphatic carbocycles. The van der Waals surface area contributed by atoms with Crippen LogP contribution in [0.2, 0.25) is 0 Å². The highest BCUT2D eigenvalue weighted by Gasteiger charge is 2.22. The fraction of sp³-hybridized carbons (Fsp3) is 0.708. The molecule has 0 bridgehead atoms. The van der Waals surface area contributed by atoms with Crippen molar-refractivity contribution in [1.82, 2.24) is 0 Å². The van der Waals surface area contributed by atoms with Gasteiger partial charge in [0.1, 0.15) is 0 Å². The second-order valence-corrected chi connectivity index (χ2v) is 15.3. The number of unbranched alkanes of at least 4 members (excludes halogenated alkanes) is 25. The average Bonchev–Trinajstić information content (AvgIpc) is 3.17. The predicted octanol–water partition coefficient (Wildman–Crippen LogP) is 13.5. The Morgan fingerprint density at radius 1 is 0.389 bits per heavy atom. The summed E-state index contributed by atoms with van der Waals surface area (Å²) in [6.45, 7) is 4.52. The first kappa shape index (κ1) is 49.0. The Morgan fingerprint density at radius 2 is 0.667 bits per heavy atom. The summed E-state index contributed by atoms with van der Waals surface area (Å²) in [5.41, 5.74) is 1.20. The summed E-state index contributed by atoms with van der Waals surface area (Å²) in [6.07, 6.45) is 47.7. The summed E-state index contributed by atoms with van der Waals surface area (Å²) >= 11 is 0. The third-order valence-corrected chi connectivity index (χ3v) is 10.4. The number of carbonyl (C=O) groups is 4. The van der Waals surface area contributed by atoms with Crippen LogP contribution in [0.1, 0.15) is 206 Å². The summed E-state index contributed by atoms with van der Waals surface area (Å²) in [6, 6.07) is 0. The van der Waals surface area contributed by atoms with Crippen molar-refractivity contribution >= 4 is 23.1 Å². The van der Waals surface area contributed by atoms with Crippen molar-refractivity contribution < 1.29 is 28.7 Å². The predicted molar refractivity (Wildman–Crippen MR) is 225 cm³/mol. The number of ketones is 4. The number of allylic oxidation sites excluding steroid dienone is 8. The maximum atomic E-state index is 12.1. The van der Waals surface area contributed by atoms with Crippen LogP contribution in [0.15, 0.2) is 59.1 Å². The Bertz CT molecular complexity index is 1200. The first-order chi connectivity index (χ1) is 26.4. The van der Waals surface area contributed by atoms with Gasteiger partial charge in [0.25, 0.3) is 0 Å². The molecule has 0 atom stereocenters. The van der Waals surface area contributed by atoms with Gasteiger partial charge in [-0.05, 0) is 63.5 Å². The summed E-state index contributed by atoms with van der Waals surface area (Å²) in [4.78, 5) is 47.3. The third-order valence-electron chi connectivity index (χ3n) is 10.4. The molecular weight excluding hydrogens is 673 g/mol. The highest BCUT2D eigenvalue weighted by Crippen LogP contribution is 2.22. The van der Waals surface area contributed by atoms with Crippen molar-refractivity contribution in [3.63, 3.8) is 0 Å². The number of rotatable bonds is 33. The lowest BCUT2D eigenvalue weighted by atomic mass is 9.96. The number of methoxy groups -OCH3 is 2. The molecule has 0 fully saturated rings. The lowest BCUT2D eigenvalue weighted by Gasteiger charge is -2.12. The first-order valence-electron chi connectivity index (χ1n) is 22.1. The van der Waals surface area contributed by atoms with Gasteiger partial charge in [0.15, 0.2) is 23.1 Å². The van der Waals surface area contributed by atoms with Crippen molar-refractivity contribution in [2.75, 3.05) is 14.2 Å². The van der Waals surface area contributed by atoms with E-state index >= 15 is 0 Å². The van der Waals surface area contributed by atoms with E-state index in [1.807, 2.05) is 0 Å².